The first kappa shape index (κ1) is 19.4. The molecule has 1 saturated carbocycles. The smallest absolute Gasteiger partial charge is 0.225 e. The Morgan fingerprint density at radius 3 is 2.70 bits per heavy atom. The van der Waals surface area contributed by atoms with Gasteiger partial charge in [-0.05, 0) is 31.7 Å². The first-order valence-electron chi connectivity index (χ1n) is 10.3. The van der Waals surface area contributed by atoms with Gasteiger partial charge in [0, 0.05) is 31.5 Å². The summed E-state index contributed by atoms with van der Waals surface area (Å²) in [5.74, 6) is 1.20. The second-order valence-electron chi connectivity index (χ2n) is 7.80. The lowest BCUT2D eigenvalue weighted by atomic mass is 9.93. The zero-order valence-electron chi connectivity index (χ0n) is 16.6. The van der Waals surface area contributed by atoms with Gasteiger partial charge in [-0.1, -0.05) is 11.6 Å². The number of imidazole rings is 1. The minimum absolute atomic E-state index is 0.0570. The second kappa shape index (κ2) is 8.28. The Bertz CT molecular complexity index is 1020. The lowest BCUT2D eigenvalue weighted by molar-refractivity contribution is 0.121. The Morgan fingerprint density at radius 2 is 1.97 bits per heavy atom. The van der Waals surface area contributed by atoms with E-state index in [1.54, 1.807) is 6.07 Å². The summed E-state index contributed by atoms with van der Waals surface area (Å²) in [7, 11) is 0. The summed E-state index contributed by atoms with van der Waals surface area (Å²) in [6.07, 6.45) is 11.1. The van der Waals surface area contributed by atoms with Crippen LogP contribution in [0.1, 0.15) is 31.7 Å². The molecule has 158 valence electrons. The highest BCUT2D eigenvalue weighted by Crippen LogP contribution is 2.39. The summed E-state index contributed by atoms with van der Waals surface area (Å²) in [6, 6.07) is 2.08. The van der Waals surface area contributed by atoms with Crippen molar-refractivity contribution in [3.63, 3.8) is 0 Å². The van der Waals surface area contributed by atoms with E-state index < -0.39 is 0 Å². The molecule has 1 N–H and O–H groups in total. The topological polar surface area (TPSA) is 85.5 Å². The number of aromatic hydroxyl groups is 1. The van der Waals surface area contributed by atoms with Crippen LogP contribution in [-0.4, -0.2) is 57.0 Å². The molecular weight excluding hydrogens is 406 g/mol. The molecule has 0 unspecified atom stereocenters. The molecule has 3 aromatic heterocycles. The number of pyridine rings is 2. The van der Waals surface area contributed by atoms with E-state index >= 15 is 0 Å². The van der Waals surface area contributed by atoms with Crippen LogP contribution in [0.3, 0.4) is 0 Å². The molecule has 0 atom stereocenters. The molecule has 8 nitrogen and oxygen atoms in total. The molecule has 0 amide bonds. The Kier molecular flexibility index (Phi) is 5.35. The number of hydrogen-bond donors (Lipinski definition) is 1. The SMILES string of the molecule is Oc1cnc2c(Cl)c(N3CCOCC3)nc(O[C@H]3CC[C@@H](n4ccnc4)CC3)c2c1. The number of hydrogen-bond acceptors (Lipinski definition) is 7. The molecule has 1 aliphatic heterocycles. The van der Waals surface area contributed by atoms with Crippen molar-refractivity contribution in [3.8, 4) is 11.6 Å². The van der Waals surface area contributed by atoms with Crippen LogP contribution in [0.15, 0.2) is 31.0 Å². The monoisotopic (exact) mass is 429 g/mol. The van der Waals surface area contributed by atoms with Gasteiger partial charge in [-0.3, -0.25) is 4.98 Å². The standard InChI is InChI=1S/C21H24ClN5O3/c22-18-19-17(11-15(28)12-24-19)21(25-20(18)26-7-9-29-10-8-26)30-16-3-1-14(2-4-16)27-6-5-23-13-27/h5-6,11-14,16,28H,1-4,7-10H2/t14-,16+. The normalized spacial score (nSPS) is 22.4. The van der Waals surface area contributed by atoms with E-state index in [1.807, 2.05) is 18.7 Å². The van der Waals surface area contributed by atoms with Gasteiger partial charge in [0.05, 0.1) is 36.6 Å². The minimum atomic E-state index is 0.0570. The van der Waals surface area contributed by atoms with Gasteiger partial charge in [0.25, 0.3) is 0 Å². The maximum Gasteiger partial charge on any atom is 0.225 e. The minimum Gasteiger partial charge on any atom is -0.506 e. The van der Waals surface area contributed by atoms with Crippen molar-refractivity contribution < 1.29 is 14.6 Å². The van der Waals surface area contributed by atoms with Crippen LogP contribution in [0.4, 0.5) is 5.82 Å². The molecule has 0 bridgehead atoms. The summed E-state index contributed by atoms with van der Waals surface area (Å²) < 4.78 is 14.0. The van der Waals surface area contributed by atoms with E-state index in [1.165, 1.54) is 6.20 Å². The van der Waals surface area contributed by atoms with E-state index in [2.05, 4.69) is 19.4 Å². The predicted octanol–water partition coefficient (Wildman–Crippen LogP) is 3.58. The fraction of sp³-hybridized carbons (Fsp3) is 0.476. The van der Waals surface area contributed by atoms with Crippen molar-refractivity contribution in [1.29, 1.82) is 0 Å². The van der Waals surface area contributed by atoms with Gasteiger partial charge < -0.3 is 24.0 Å². The van der Waals surface area contributed by atoms with Crippen LogP contribution < -0.4 is 9.64 Å². The number of anilines is 1. The van der Waals surface area contributed by atoms with Crippen molar-refractivity contribution in [2.24, 2.45) is 0 Å². The largest absolute Gasteiger partial charge is 0.506 e. The fourth-order valence-corrected chi connectivity index (χ4v) is 4.59. The van der Waals surface area contributed by atoms with E-state index in [-0.39, 0.29) is 11.9 Å². The highest BCUT2D eigenvalue weighted by molar-refractivity contribution is 6.37. The molecule has 2 fully saturated rings. The Morgan fingerprint density at radius 1 is 1.17 bits per heavy atom. The first-order valence-corrected chi connectivity index (χ1v) is 10.7. The van der Waals surface area contributed by atoms with E-state index in [0.29, 0.717) is 60.0 Å². The third-order valence-corrected chi connectivity index (χ3v) is 6.24. The summed E-state index contributed by atoms with van der Waals surface area (Å²) in [5.41, 5.74) is 0.591. The molecule has 5 rings (SSSR count). The lowest BCUT2D eigenvalue weighted by Crippen LogP contribution is -2.37. The Hall–Kier alpha value is -2.58. The maximum absolute atomic E-state index is 9.99. The molecule has 0 aromatic carbocycles. The molecule has 9 heteroatoms. The molecule has 1 saturated heterocycles. The Labute approximate surface area is 179 Å². The number of nitrogens with zero attached hydrogens (tertiary/aromatic N) is 5. The van der Waals surface area contributed by atoms with Gasteiger partial charge in [-0.25, -0.2) is 4.98 Å². The number of morpholine rings is 1. The summed E-state index contributed by atoms with van der Waals surface area (Å²) >= 11 is 6.66. The second-order valence-corrected chi connectivity index (χ2v) is 8.18. The van der Waals surface area contributed by atoms with Crippen molar-refractivity contribution in [2.75, 3.05) is 31.2 Å². The van der Waals surface area contributed by atoms with Crippen molar-refractivity contribution in [3.05, 3.63) is 36.0 Å². The number of ether oxygens (including phenoxy) is 2. The average Bonchev–Trinajstić information content (AvgIpc) is 3.32. The number of rotatable bonds is 4. The van der Waals surface area contributed by atoms with E-state index in [9.17, 15) is 5.11 Å². The van der Waals surface area contributed by atoms with Crippen LogP contribution >= 0.6 is 11.6 Å². The zero-order chi connectivity index (χ0) is 20.5. The van der Waals surface area contributed by atoms with Crippen LogP contribution in [0.2, 0.25) is 5.02 Å². The highest BCUT2D eigenvalue weighted by atomic mass is 35.5. The van der Waals surface area contributed by atoms with Crippen LogP contribution in [-0.2, 0) is 4.74 Å². The molecule has 4 heterocycles. The Balaban J connectivity index is 1.42. The zero-order valence-corrected chi connectivity index (χ0v) is 17.3. The summed E-state index contributed by atoms with van der Waals surface area (Å²) in [4.78, 5) is 15.4. The van der Waals surface area contributed by atoms with Crippen LogP contribution in [0, 0.1) is 0 Å². The average molecular weight is 430 g/mol. The van der Waals surface area contributed by atoms with Crippen molar-refractivity contribution in [1.82, 2.24) is 19.5 Å². The number of halogens is 1. The first-order chi connectivity index (χ1) is 14.7. The van der Waals surface area contributed by atoms with E-state index in [0.717, 1.165) is 25.7 Å². The highest BCUT2D eigenvalue weighted by Gasteiger charge is 2.26. The fourth-order valence-electron chi connectivity index (χ4n) is 4.28. The molecule has 2 aliphatic rings. The molecule has 0 radical (unpaired) electrons. The molecule has 1 aliphatic carbocycles. The quantitative estimate of drug-likeness (QED) is 0.678. The van der Waals surface area contributed by atoms with Crippen LogP contribution in [0.25, 0.3) is 10.9 Å². The van der Waals surface area contributed by atoms with Crippen molar-refractivity contribution in [2.45, 2.75) is 37.8 Å². The molecule has 0 spiro atoms. The lowest BCUT2D eigenvalue weighted by Gasteiger charge is -2.31. The summed E-state index contributed by atoms with van der Waals surface area (Å²) in [5, 5.41) is 11.1. The third-order valence-electron chi connectivity index (χ3n) is 5.89. The van der Waals surface area contributed by atoms with Gasteiger partial charge in [0.1, 0.15) is 16.9 Å². The molecule has 3 aromatic rings. The molecule has 30 heavy (non-hydrogen) atoms. The predicted molar refractivity (Wildman–Crippen MR) is 113 cm³/mol. The van der Waals surface area contributed by atoms with Gasteiger partial charge in [-0.2, -0.15) is 4.98 Å². The van der Waals surface area contributed by atoms with Crippen LogP contribution in [0.5, 0.6) is 11.6 Å². The van der Waals surface area contributed by atoms with Gasteiger partial charge in [0.2, 0.25) is 5.88 Å². The van der Waals surface area contributed by atoms with Gasteiger partial charge >= 0.3 is 0 Å². The number of aromatic nitrogens is 4. The van der Waals surface area contributed by atoms with Gasteiger partial charge in [0.15, 0.2) is 5.82 Å². The van der Waals surface area contributed by atoms with E-state index in [4.69, 9.17) is 26.1 Å². The number of fused-ring (bicyclic) bond motifs is 1. The molecular formula is C21H24ClN5O3. The maximum atomic E-state index is 9.99. The third kappa shape index (κ3) is 3.77. The van der Waals surface area contributed by atoms with Crippen molar-refractivity contribution >= 4 is 28.3 Å². The van der Waals surface area contributed by atoms with Gasteiger partial charge in [-0.15, -0.1) is 0 Å². The summed E-state index contributed by atoms with van der Waals surface area (Å²) in [6.45, 7) is 2.69.